The Bertz CT molecular complexity index is 831. The lowest BCUT2D eigenvalue weighted by Gasteiger charge is -2.22. The van der Waals surface area contributed by atoms with Crippen LogP contribution >= 0.6 is 0 Å². The van der Waals surface area contributed by atoms with Crippen molar-refractivity contribution < 1.29 is 18.7 Å². The number of aliphatic hydroxyl groups is 1. The van der Waals surface area contributed by atoms with Crippen LogP contribution in [0.15, 0.2) is 24.4 Å². The Balaban J connectivity index is 1.83. The molecule has 3 rings (SSSR count). The first kappa shape index (κ1) is 18.2. The van der Waals surface area contributed by atoms with E-state index in [2.05, 4.69) is 15.3 Å². The maximum absolute atomic E-state index is 14.1. The lowest BCUT2D eigenvalue weighted by molar-refractivity contribution is -0.117. The van der Waals surface area contributed by atoms with Crippen LogP contribution in [-0.2, 0) is 11.4 Å². The van der Waals surface area contributed by atoms with Gasteiger partial charge in [0.25, 0.3) is 0 Å². The largest absolute Gasteiger partial charge is 0.392 e. The van der Waals surface area contributed by atoms with Gasteiger partial charge in [-0.15, -0.1) is 0 Å². The standard InChI is InChI=1S/C18H20F2N4O2/c1-10-3-6-16(26)24(10)17-15(20)8-21-18(23-17)22-11(2)12-4-5-13(9-25)14(19)7-12/h4-5,7-8,10-11,25H,3,6,9H2,1-2H3,(H,21,22,23)/t10-,11-/m0/s1. The third kappa shape index (κ3) is 3.50. The number of anilines is 2. The van der Waals surface area contributed by atoms with Crippen LogP contribution in [0.4, 0.5) is 20.5 Å². The van der Waals surface area contributed by atoms with E-state index in [1.165, 1.54) is 17.0 Å². The van der Waals surface area contributed by atoms with Crippen molar-refractivity contribution in [2.45, 2.75) is 45.4 Å². The van der Waals surface area contributed by atoms with Gasteiger partial charge in [0.15, 0.2) is 11.6 Å². The SMILES string of the molecule is C[C@H](Nc1ncc(F)c(N2C(=O)CC[C@@H]2C)n1)c1ccc(CO)c(F)c1. The minimum absolute atomic E-state index is 0.0495. The number of nitrogens with zero attached hydrogens (tertiary/aromatic N) is 3. The van der Waals surface area contributed by atoms with Gasteiger partial charge in [-0.25, -0.2) is 13.8 Å². The minimum Gasteiger partial charge on any atom is -0.392 e. The summed E-state index contributed by atoms with van der Waals surface area (Å²) in [6, 6.07) is 4.02. The number of nitrogens with one attached hydrogen (secondary N) is 1. The van der Waals surface area contributed by atoms with E-state index in [-0.39, 0.29) is 41.9 Å². The maximum atomic E-state index is 14.1. The number of rotatable bonds is 5. The lowest BCUT2D eigenvalue weighted by Crippen LogP contribution is -2.32. The molecule has 0 aliphatic carbocycles. The van der Waals surface area contributed by atoms with E-state index in [0.29, 0.717) is 18.4 Å². The van der Waals surface area contributed by atoms with Crippen molar-refractivity contribution >= 4 is 17.7 Å². The number of carbonyl (C=O) groups is 1. The molecule has 2 aromatic rings. The zero-order valence-electron chi connectivity index (χ0n) is 14.5. The van der Waals surface area contributed by atoms with E-state index in [0.717, 1.165) is 6.20 Å². The summed E-state index contributed by atoms with van der Waals surface area (Å²) in [4.78, 5) is 21.4. The van der Waals surface area contributed by atoms with Gasteiger partial charge in [0.1, 0.15) is 5.82 Å². The predicted molar refractivity (Wildman–Crippen MR) is 92.5 cm³/mol. The Morgan fingerprint density at radius 2 is 2.15 bits per heavy atom. The molecular weight excluding hydrogens is 342 g/mol. The first-order chi connectivity index (χ1) is 12.4. The average Bonchev–Trinajstić information content (AvgIpc) is 2.95. The highest BCUT2D eigenvalue weighted by Crippen LogP contribution is 2.28. The molecule has 26 heavy (non-hydrogen) atoms. The van der Waals surface area contributed by atoms with Crippen LogP contribution in [0, 0.1) is 11.6 Å². The van der Waals surface area contributed by atoms with Gasteiger partial charge in [0.2, 0.25) is 11.9 Å². The molecule has 0 bridgehead atoms. The number of halogens is 2. The Morgan fingerprint density at radius 3 is 2.77 bits per heavy atom. The first-order valence-corrected chi connectivity index (χ1v) is 8.41. The summed E-state index contributed by atoms with van der Waals surface area (Å²) < 4.78 is 28.0. The molecular formula is C18H20F2N4O2. The quantitative estimate of drug-likeness (QED) is 0.855. The van der Waals surface area contributed by atoms with Crippen LogP contribution in [0.5, 0.6) is 0 Å². The highest BCUT2D eigenvalue weighted by Gasteiger charge is 2.32. The van der Waals surface area contributed by atoms with Crippen LogP contribution in [0.2, 0.25) is 0 Å². The van der Waals surface area contributed by atoms with Crippen LogP contribution in [0.25, 0.3) is 0 Å². The lowest BCUT2D eigenvalue weighted by atomic mass is 10.1. The van der Waals surface area contributed by atoms with Crippen LogP contribution in [0.3, 0.4) is 0 Å². The predicted octanol–water partition coefficient (Wildman–Crippen LogP) is 2.94. The van der Waals surface area contributed by atoms with E-state index in [4.69, 9.17) is 5.11 Å². The van der Waals surface area contributed by atoms with Crippen LogP contribution in [0.1, 0.15) is 43.9 Å². The second-order valence-corrected chi connectivity index (χ2v) is 6.39. The summed E-state index contributed by atoms with van der Waals surface area (Å²) in [6.07, 6.45) is 2.03. The monoisotopic (exact) mass is 362 g/mol. The van der Waals surface area contributed by atoms with Gasteiger partial charge in [-0.3, -0.25) is 9.69 Å². The Kier molecular flexibility index (Phi) is 5.13. The summed E-state index contributed by atoms with van der Waals surface area (Å²) in [5.74, 6) is -1.24. The fourth-order valence-corrected chi connectivity index (χ4v) is 2.99. The second kappa shape index (κ2) is 7.33. The fourth-order valence-electron chi connectivity index (χ4n) is 2.99. The van der Waals surface area contributed by atoms with Crippen molar-refractivity contribution in [3.63, 3.8) is 0 Å². The highest BCUT2D eigenvalue weighted by molar-refractivity contribution is 5.95. The second-order valence-electron chi connectivity index (χ2n) is 6.39. The highest BCUT2D eigenvalue weighted by atomic mass is 19.1. The maximum Gasteiger partial charge on any atom is 0.228 e. The Labute approximate surface area is 149 Å². The number of carbonyl (C=O) groups excluding carboxylic acids is 1. The molecule has 1 aromatic carbocycles. The van der Waals surface area contributed by atoms with Crippen LogP contribution < -0.4 is 10.2 Å². The topological polar surface area (TPSA) is 78.4 Å². The molecule has 1 aliphatic heterocycles. The smallest absolute Gasteiger partial charge is 0.228 e. The van der Waals surface area contributed by atoms with Crippen LogP contribution in [-0.4, -0.2) is 27.0 Å². The molecule has 1 fully saturated rings. The van der Waals surface area contributed by atoms with Crippen molar-refractivity contribution in [3.8, 4) is 0 Å². The van der Waals surface area contributed by atoms with E-state index in [9.17, 15) is 13.6 Å². The number of aliphatic hydroxyl groups excluding tert-OH is 1. The van der Waals surface area contributed by atoms with Gasteiger partial charge in [-0.05, 0) is 31.9 Å². The van der Waals surface area contributed by atoms with E-state index < -0.39 is 11.6 Å². The van der Waals surface area contributed by atoms with E-state index in [1.54, 1.807) is 13.0 Å². The minimum atomic E-state index is -0.663. The van der Waals surface area contributed by atoms with E-state index in [1.807, 2.05) is 6.92 Å². The first-order valence-electron chi connectivity index (χ1n) is 8.41. The number of hydrogen-bond acceptors (Lipinski definition) is 5. The van der Waals surface area contributed by atoms with Crippen molar-refractivity contribution in [2.75, 3.05) is 10.2 Å². The molecule has 6 nitrogen and oxygen atoms in total. The molecule has 1 aliphatic rings. The number of aromatic nitrogens is 2. The van der Waals surface area contributed by atoms with Gasteiger partial charge in [0, 0.05) is 18.0 Å². The molecule has 0 unspecified atom stereocenters. The van der Waals surface area contributed by atoms with Gasteiger partial charge in [-0.1, -0.05) is 12.1 Å². The average molecular weight is 362 g/mol. The molecule has 0 spiro atoms. The number of amides is 1. The van der Waals surface area contributed by atoms with Crippen molar-refractivity contribution in [2.24, 2.45) is 0 Å². The fraction of sp³-hybridized carbons (Fsp3) is 0.389. The Hall–Kier alpha value is -2.61. The van der Waals surface area contributed by atoms with Gasteiger partial charge in [-0.2, -0.15) is 4.98 Å². The molecule has 1 saturated heterocycles. The zero-order chi connectivity index (χ0) is 18.8. The van der Waals surface area contributed by atoms with Crippen molar-refractivity contribution in [3.05, 3.63) is 47.2 Å². The summed E-state index contributed by atoms with van der Waals surface area (Å²) >= 11 is 0. The number of benzene rings is 1. The normalized spacial score (nSPS) is 18.3. The van der Waals surface area contributed by atoms with Gasteiger partial charge in [0.05, 0.1) is 18.8 Å². The molecule has 1 amide bonds. The summed E-state index contributed by atoms with van der Waals surface area (Å²) in [7, 11) is 0. The molecule has 2 atom stereocenters. The molecule has 2 heterocycles. The summed E-state index contributed by atoms with van der Waals surface area (Å²) in [5, 5.41) is 12.0. The van der Waals surface area contributed by atoms with Crippen molar-refractivity contribution in [1.29, 1.82) is 0 Å². The molecule has 0 saturated carbocycles. The molecule has 2 N–H and O–H groups in total. The van der Waals surface area contributed by atoms with E-state index >= 15 is 0 Å². The van der Waals surface area contributed by atoms with Crippen molar-refractivity contribution in [1.82, 2.24) is 9.97 Å². The van der Waals surface area contributed by atoms with Gasteiger partial charge < -0.3 is 10.4 Å². The van der Waals surface area contributed by atoms with Gasteiger partial charge >= 0.3 is 0 Å². The molecule has 8 heteroatoms. The third-order valence-electron chi connectivity index (χ3n) is 4.53. The zero-order valence-corrected chi connectivity index (χ0v) is 14.5. The third-order valence-corrected chi connectivity index (χ3v) is 4.53. The Morgan fingerprint density at radius 1 is 1.38 bits per heavy atom. The summed E-state index contributed by atoms with van der Waals surface area (Å²) in [6.45, 7) is 3.25. The molecule has 0 radical (unpaired) electrons. The molecule has 138 valence electrons. The summed E-state index contributed by atoms with van der Waals surface area (Å²) in [5.41, 5.74) is 0.836. The number of hydrogen-bond donors (Lipinski definition) is 2. The molecule has 1 aromatic heterocycles.